The molecule has 2 aliphatic rings. The Bertz CT molecular complexity index is 1050. The van der Waals surface area contributed by atoms with Crippen molar-refractivity contribution in [3.05, 3.63) is 63.7 Å². The molecule has 1 amide bonds. The number of amides is 1. The molecule has 1 heterocycles. The molecule has 0 saturated heterocycles. The average molecular weight is 423 g/mol. The van der Waals surface area contributed by atoms with Crippen molar-refractivity contribution in [2.45, 2.75) is 59.7 Å². The summed E-state index contributed by atoms with van der Waals surface area (Å²) < 4.78 is 6.37. The summed E-state index contributed by atoms with van der Waals surface area (Å²) in [7, 11) is 0. The SMILES string of the molecule is CCc1ccc2c(c1)CN(C1C(C)(C)C(Oc3ccc(C#N)c(Cl)c3)C1(C)C)C2=O. The number of benzene rings is 2. The first-order valence-corrected chi connectivity index (χ1v) is 10.8. The Labute approximate surface area is 183 Å². The van der Waals surface area contributed by atoms with Gasteiger partial charge in [-0.25, -0.2) is 0 Å². The monoisotopic (exact) mass is 422 g/mol. The van der Waals surface area contributed by atoms with E-state index in [0.717, 1.165) is 17.5 Å². The molecular weight excluding hydrogens is 396 g/mol. The largest absolute Gasteiger partial charge is 0.489 e. The molecule has 0 N–H and O–H groups in total. The number of hydrogen-bond acceptors (Lipinski definition) is 3. The molecule has 156 valence electrons. The van der Waals surface area contributed by atoms with Crippen molar-refractivity contribution in [2.24, 2.45) is 10.8 Å². The van der Waals surface area contributed by atoms with Crippen LogP contribution in [0.1, 0.15) is 61.7 Å². The Balaban J connectivity index is 1.59. The summed E-state index contributed by atoms with van der Waals surface area (Å²) in [5.74, 6) is 0.755. The average Bonchev–Trinajstić information content (AvgIpc) is 3.00. The standard InChI is InChI=1S/C25H27ClN2O2/c1-6-15-7-10-19-17(11-15)14-28(21(19)29)22-24(2,3)23(25(22,4)5)30-18-9-8-16(13-27)20(26)12-18/h7-12,22-23H,6,14H2,1-5H3. The molecule has 1 saturated carbocycles. The van der Waals surface area contributed by atoms with Crippen LogP contribution in [-0.2, 0) is 13.0 Å². The van der Waals surface area contributed by atoms with Crippen molar-refractivity contribution in [3.8, 4) is 11.8 Å². The highest BCUT2D eigenvalue weighted by molar-refractivity contribution is 6.31. The second kappa shape index (κ2) is 7.03. The number of carbonyl (C=O) groups is 1. The van der Waals surface area contributed by atoms with Gasteiger partial charge in [0.1, 0.15) is 17.9 Å². The van der Waals surface area contributed by atoms with Gasteiger partial charge in [-0.1, -0.05) is 58.4 Å². The van der Waals surface area contributed by atoms with Crippen molar-refractivity contribution in [1.82, 2.24) is 4.90 Å². The molecule has 30 heavy (non-hydrogen) atoms. The number of nitriles is 1. The van der Waals surface area contributed by atoms with Crippen LogP contribution in [0.4, 0.5) is 0 Å². The lowest BCUT2D eigenvalue weighted by Crippen LogP contribution is -2.74. The van der Waals surface area contributed by atoms with Gasteiger partial charge >= 0.3 is 0 Å². The van der Waals surface area contributed by atoms with Crippen LogP contribution in [-0.4, -0.2) is 23.0 Å². The summed E-state index contributed by atoms with van der Waals surface area (Å²) in [6, 6.07) is 13.5. The maximum Gasteiger partial charge on any atom is 0.254 e. The summed E-state index contributed by atoms with van der Waals surface area (Å²) in [6.45, 7) is 11.4. The molecule has 0 spiro atoms. The minimum absolute atomic E-state index is 0.0498. The van der Waals surface area contributed by atoms with Crippen LogP contribution >= 0.6 is 11.6 Å². The van der Waals surface area contributed by atoms with Gasteiger partial charge in [0.2, 0.25) is 0 Å². The zero-order valence-corrected chi connectivity index (χ0v) is 18.9. The summed E-state index contributed by atoms with van der Waals surface area (Å²) in [4.78, 5) is 15.2. The molecule has 0 aromatic heterocycles. The fourth-order valence-electron chi connectivity index (χ4n) is 5.84. The Morgan fingerprint density at radius 3 is 2.47 bits per heavy atom. The topological polar surface area (TPSA) is 53.3 Å². The zero-order valence-electron chi connectivity index (χ0n) is 18.1. The van der Waals surface area contributed by atoms with E-state index >= 15 is 0 Å². The van der Waals surface area contributed by atoms with Crippen molar-refractivity contribution >= 4 is 17.5 Å². The maximum atomic E-state index is 13.2. The third-order valence-electron chi connectivity index (χ3n) is 6.80. The van der Waals surface area contributed by atoms with Crippen LogP contribution in [0.5, 0.6) is 5.75 Å². The molecule has 1 fully saturated rings. The first-order valence-electron chi connectivity index (χ1n) is 10.4. The Hall–Kier alpha value is -2.51. The molecule has 2 aromatic carbocycles. The number of rotatable bonds is 4. The molecular formula is C25H27ClN2O2. The first kappa shape index (κ1) is 20.8. The number of halogens is 1. The highest BCUT2D eigenvalue weighted by Gasteiger charge is 2.66. The normalized spacial score (nSPS) is 23.5. The van der Waals surface area contributed by atoms with Crippen molar-refractivity contribution in [2.75, 3.05) is 0 Å². The van der Waals surface area contributed by atoms with Gasteiger partial charge in [0.05, 0.1) is 10.6 Å². The number of carbonyl (C=O) groups excluding carboxylic acids is 1. The van der Waals surface area contributed by atoms with Crippen molar-refractivity contribution < 1.29 is 9.53 Å². The van der Waals surface area contributed by atoms with Crippen molar-refractivity contribution in [1.29, 1.82) is 5.26 Å². The quantitative estimate of drug-likeness (QED) is 0.643. The van der Waals surface area contributed by atoms with Gasteiger partial charge in [-0.2, -0.15) is 5.26 Å². The van der Waals surface area contributed by atoms with Crippen LogP contribution < -0.4 is 4.74 Å². The molecule has 0 atom stereocenters. The minimum atomic E-state index is -0.241. The predicted octanol–water partition coefficient (Wildman–Crippen LogP) is 5.61. The van der Waals surface area contributed by atoms with Crippen LogP contribution in [0.15, 0.2) is 36.4 Å². The second-order valence-electron chi connectivity index (χ2n) is 9.57. The highest BCUT2D eigenvalue weighted by atomic mass is 35.5. The van der Waals surface area contributed by atoms with Gasteiger partial charge < -0.3 is 9.64 Å². The maximum absolute atomic E-state index is 13.2. The smallest absolute Gasteiger partial charge is 0.254 e. The third-order valence-corrected chi connectivity index (χ3v) is 7.11. The number of nitrogens with zero attached hydrogens (tertiary/aromatic N) is 2. The highest BCUT2D eigenvalue weighted by Crippen LogP contribution is 2.59. The molecule has 5 heteroatoms. The lowest BCUT2D eigenvalue weighted by atomic mass is 9.49. The summed E-state index contributed by atoms with van der Waals surface area (Å²) in [5.41, 5.74) is 3.15. The fourth-order valence-corrected chi connectivity index (χ4v) is 6.05. The van der Waals surface area contributed by atoms with E-state index in [1.54, 1.807) is 18.2 Å². The fraction of sp³-hybridized carbons (Fsp3) is 0.440. The molecule has 1 aliphatic carbocycles. The molecule has 0 bridgehead atoms. The van der Waals surface area contributed by atoms with E-state index in [1.807, 2.05) is 11.0 Å². The second-order valence-corrected chi connectivity index (χ2v) is 9.98. The van der Waals surface area contributed by atoms with Gasteiger partial charge in [0.15, 0.2) is 0 Å². The zero-order chi connectivity index (χ0) is 21.8. The van der Waals surface area contributed by atoms with E-state index in [-0.39, 0.29) is 28.9 Å². The van der Waals surface area contributed by atoms with Gasteiger partial charge in [0.25, 0.3) is 5.91 Å². The number of ether oxygens (including phenoxy) is 1. The van der Waals surface area contributed by atoms with E-state index in [1.165, 1.54) is 5.56 Å². The number of aryl methyl sites for hydroxylation is 1. The molecule has 0 unspecified atom stereocenters. The minimum Gasteiger partial charge on any atom is -0.489 e. The Morgan fingerprint density at radius 2 is 1.87 bits per heavy atom. The summed E-state index contributed by atoms with van der Waals surface area (Å²) in [6.07, 6.45) is 0.868. The summed E-state index contributed by atoms with van der Waals surface area (Å²) >= 11 is 6.19. The number of fused-ring (bicyclic) bond motifs is 1. The molecule has 4 nitrogen and oxygen atoms in total. The number of hydrogen-bond donors (Lipinski definition) is 0. The van der Waals surface area contributed by atoms with E-state index in [0.29, 0.717) is 22.9 Å². The van der Waals surface area contributed by atoms with Crippen molar-refractivity contribution in [3.63, 3.8) is 0 Å². The Morgan fingerprint density at radius 1 is 1.17 bits per heavy atom. The molecule has 1 aliphatic heterocycles. The van der Waals surface area contributed by atoms with Gasteiger partial charge in [-0.3, -0.25) is 4.79 Å². The Kier molecular flexibility index (Phi) is 4.86. The third kappa shape index (κ3) is 2.99. The van der Waals surface area contributed by atoms with Gasteiger partial charge in [-0.15, -0.1) is 0 Å². The molecule has 4 rings (SSSR count). The van der Waals surface area contributed by atoms with Crippen LogP contribution in [0.2, 0.25) is 5.02 Å². The van der Waals surface area contributed by atoms with Gasteiger partial charge in [0, 0.05) is 35.0 Å². The van der Waals surface area contributed by atoms with E-state index in [2.05, 4.69) is 52.8 Å². The van der Waals surface area contributed by atoms with E-state index in [9.17, 15) is 4.79 Å². The lowest BCUT2D eigenvalue weighted by molar-refractivity contribution is -0.199. The lowest BCUT2D eigenvalue weighted by Gasteiger charge is -2.65. The van der Waals surface area contributed by atoms with E-state index in [4.69, 9.17) is 21.6 Å². The van der Waals surface area contributed by atoms with E-state index < -0.39 is 0 Å². The van der Waals surface area contributed by atoms with Gasteiger partial charge in [-0.05, 0) is 35.7 Å². The molecule has 2 aromatic rings. The first-order chi connectivity index (χ1) is 14.1. The molecule has 0 radical (unpaired) electrons. The predicted molar refractivity (Wildman–Crippen MR) is 118 cm³/mol. The van der Waals surface area contributed by atoms with Crippen LogP contribution in [0.3, 0.4) is 0 Å². The van der Waals surface area contributed by atoms with Crippen LogP contribution in [0, 0.1) is 22.2 Å². The summed E-state index contributed by atoms with van der Waals surface area (Å²) in [5, 5.41) is 9.48. The van der Waals surface area contributed by atoms with Crippen LogP contribution in [0.25, 0.3) is 0 Å².